The summed E-state index contributed by atoms with van der Waals surface area (Å²) in [5.41, 5.74) is 9.59. The Morgan fingerprint density at radius 1 is 1.37 bits per heavy atom. The Hall–Kier alpha value is -2.84. The molecule has 0 saturated heterocycles. The van der Waals surface area contributed by atoms with Crippen molar-refractivity contribution in [3.8, 4) is 11.3 Å². The van der Waals surface area contributed by atoms with Gasteiger partial charge >= 0.3 is 0 Å². The Kier molecular flexibility index (Phi) is 7.12. The number of amides is 1. The second-order valence-electron chi connectivity index (χ2n) is 7.22. The summed E-state index contributed by atoms with van der Waals surface area (Å²) in [5, 5.41) is 6.90. The van der Waals surface area contributed by atoms with E-state index in [1.165, 1.54) is 17.0 Å². The van der Waals surface area contributed by atoms with E-state index in [9.17, 15) is 14.0 Å². The molecule has 0 fully saturated rings. The maximum absolute atomic E-state index is 12.8. The Labute approximate surface area is 178 Å². The third kappa shape index (κ3) is 5.01. The Bertz CT molecular complexity index is 1040. The van der Waals surface area contributed by atoms with Crippen LogP contribution in [0.25, 0.3) is 11.3 Å². The quantitative estimate of drug-likeness (QED) is 0.611. The molecule has 2 aromatic heterocycles. The maximum atomic E-state index is 12.8. The number of carbonyl (C=O) groups excluding carboxylic acids is 2. The van der Waals surface area contributed by atoms with Crippen molar-refractivity contribution >= 4 is 23.5 Å². The van der Waals surface area contributed by atoms with E-state index in [4.69, 9.17) is 5.73 Å². The number of hydrogen-bond donors (Lipinski definition) is 2. The minimum Gasteiger partial charge on any atom is -0.354 e. The van der Waals surface area contributed by atoms with E-state index < -0.39 is 0 Å². The summed E-state index contributed by atoms with van der Waals surface area (Å²) in [7, 11) is 0. The number of hydrogen-bond acceptors (Lipinski definition) is 5. The number of rotatable bonds is 5. The average Bonchev–Trinajstić information content (AvgIpc) is 3.24. The van der Waals surface area contributed by atoms with E-state index in [1.807, 2.05) is 24.7 Å². The summed E-state index contributed by atoms with van der Waals surface area (Å²) in [6, 6.07) is 8.24. The zero-order valence-corrected chi connectivity index (χ0v) is 17.8. The van der Waals surface area contributed by atoms with Crippen LogP contribution in [0.5, 0.6) is 0 Å². The van der Waals surface area contributed by atoms with Gasteiger partial charge in [-0.05, 0) is 49.6 Å². The second kappa shape index (κ2) is 9.77. The molecule has 0 aliphatic carbocycles. The highest BCUT2D eigenvalue weighted by atomic mass is 32.1. The number of fused-ring (bicyclic) bond motifs is 3. The lowest BCUT2D eigenvalue weighted by atomic mass is 10.1. The number of carbonyl (C=O) groups is 2. The van der Waals surface area contributed by atoms with Crippen LogP contribution >= 0.6 is 11.3 Å². The average molecular weight is 429 g/mol. The molecule has 3 N–H and O–H groups in total. The number of thiophene rings is 1. The summed E-state index contributed by atoms with van der Waals surface area (Å²) < 4.78 is 14.7. The molecule has 0 bridgehead atoms. The van der Waals surface area contributed by atoms with Crippen LogP contribution in [0.2, 0.25) is 0 Å². The lowest BCUT2D eigenvalue weighted by Crippen LogP contribution is -2.36. The lowest BCUT2D eigenvalue weighted by Gasteiger charge is -2.13. The van der Waals surface area contributed by atoms with Crippen molar-refractivity contribution in [2.45, 2.75) is 39.3 Å². The van der Waals surface area contributed by atoms with E-state index in [2.05, 4.69) is 16.5 Å². The van der Waals surface area contributed by atoms with Crippen LogP contribution < -0.4 is 11.1 Å². The third-order valence-corrected chi connectivity index (χ3v) is 5.99. The predicted octanol–water partition coefficient (Wildman–Crippen LogP) is 3.26. The Morgan fingerprint density at radius 3 is 2.87 bits per heavy atom. The number of nitrogens with zero attached hydrogens (tertiary/aromatic N) is 2. The molecule has 0 spiro atoms. The number of ketones is 1. The van der Waals surface area contributed by atoms with E-state index in [1.54, 1.807) is 23.5 Å². The highest BCUT2D eigenvalue weighted by Crippen LogP contribution is 2.36. The molecule has 3 aromatic rings. The van der Waals surface area contributed by atoms with Crippen LogP contribution in [-0.4, -0.2) is 34.6 Å². The molecule has 8 heteroatoms. The maximum Gasteiger partial charge on any atom is 0.207 e. The first-order chi connectivity index (χ1) is 14.4. The summed E-state index contributed by atoms with van der Waals surface area (Å²) in [6.45, 7) is 5.13. The molecular weight excluding hydrogens is 403 g/mol. The summed E-state index contributed by atoms with van der Waals surface area (Å²) in [5.74, 6) is -0.0256. The fourth-order valence-corrected chi connectivity index (χ4v) is 4.45. The molecule has 0 radical (unpaired) electrons. The minimum atomic E-state index is -0.274. The number of halogens is 1. The topological polar surface area (TPSA) is 90.0 Å². The van der Waals surface area contributed by atoms with Crippen LogP contribution in [0.1, 0.15) is 32.1 Å². The number of aryl methyl sites for hydroxylation is 3. The van der Waals surface area contributed by atoms with Crippen molar-refractivity contribution in [3.05, 3.63) is 63.2 Å². The summed E-state index contributed by atoms with van der Waals surface area (Å²) >= 11 is 1.60. The molecule has 3 heterocycles. The summed E-state index contributed by atoms with van der Waals surface area (Å²) in [4.78, 5) is 24.2. The van der Waals surface area contributed by atoms with E-state index in [0.717, 1.165) is 27.3 Å². The molecule has 1 atom stereocenters. The molecule has 1 unspecified atom stereocenters. The molecule has 1 aromatic carbocycles. The highest BCUT2D eigenvalue weighted by Gasteiger charge is 2.24. The Balaban J connectivity index is 0.000000173. The van der Waals surface area contributed by atoms with E-state index >= 15 is 0 Å². The van der Waals surface area contributed by atoms with Crippen LogP contribution in [0.3, 0.4) is 0 Å². The van der Waals surface area contributed by atoms with Crippen molar-refractivity contribution in [1.29, 1.82) is 0 Å². The van der Waals surface area contributed by atoms with Gasteiger partial charge in [0.05, 0.1) is 16.8 Å². The van der Waals surface area contributed by atoms with Crippen LogP contribution in [0.4, 0.5) is 4.39 Å². The first-order valence-corrected chi connectivity index (χ1v) is 10.5. The van der Waals surface area contributed by atoms with Gasteiger partial charge in [0.25, 0.3) is 0 Å². The third-order valence-electron chi connectivity index (χ3n) is 4.90. The van der Waals surface area contributed by atoms with Crippen molar-refractivity contribution in [2.75, 3.05) is 6.54 Å². The van der Waals surface area contributed by atoms with Crippen LogP contribution in [0.15, 0.2) is 36.5 Å². The minimum absolute atomic E-state index is 0.130. The van der Waals surface area contributed by atoms with Crippen molar-refractivity contribution in [1.82, 2.24) is 15.1 Å². The molecule has 30 heavy (non-hydrogen) atoms. The van der Waals surface area contributed by atoms with Crippen LogP contribution in [0, 0.1) is 19.7 Å². The molecule has 6 nitrogen and oxygen atoms in total. The molecule has 1 aliphatic heterocycles. The van der Waals surface area contributed by atoms with Gasteiger partial charge in [0, 0.05) is 36.0 Å². The zero-order chi connectivity index (χ0) is 21.7. The Morgan fingerprint density at radius 2 is 2.17 bits per heavy atom. The fourth-order valence-electron chi connectivity index (χ4n) is 3.47. The molecule has 4 rings (SSSR count). The summed E-state index contributed by atoms with van der Waals surface area (Å²) in [6.07, 6.45) is 3.59. The van der Waals surface area contributed by atoms with Gasteiger partial charge in [-0.3, -0.25) is 14.3 Å². The van der Waals surface area contributed by atoms with E-state index in [0.29, 0.717) is 32.3 Å². The monoisotopic (exact) mass is 428 g/mol. The van der Waals surface area contributed by atoms with Crippen molar-refractivity contribution < 1.29 is 14.0 Å². The number of nitrogens with one attached hydrogen (secondary N) is 1. The normalized spacial score (nSPS) is 13.4. The SMILES string of the molecule is Cc1cc2c(s1)C(=O)CCn1ncc(C)c1-2.NCC(Cc1cccc(F)c1)NC=O. The first kappa shape index (κ1) is 21.9. The van der Waals surface area contributed by atoms with E-state index in [-0.39, 0.29) is 17.6 Å². The number of benzene rings is 1. The van der Waals surface area contributed by atoms with Crippen molar-refractivity contribution in [2.24, 2.45) is 5.73 Å². The van der Waals surface area contributed by atoms with Gasteiger partial charge < -0.3 is 11.1 Å². The highest BCUT2D eigenvalue weighted by molar-refractivity contribution is 7.14. The standard InChI is InChI=1S/C12H12N2OS.C10H13FN2O/c1-7-6-13-14-4-3-10(15)12-9(11(7)14)5-8(2)16-12;11-9-3-1-2-8(4-9)5-10(6-12)13-7-14/h5-6H,3-4H2,1-2H3;1-4,7,10H,5-6,12H2,(H,13,14). The molecule has 0 saturated carbocycles. The van der Waals surface area contributed by atoms with Gasteiger partial charge in [0.15, 0.2) is 5.78 Å². The zero-order valence-electron chi connectivity index (χ0n) is 17.0. The fraction of sp³-hybridized carbons (Fsp3) is 0.318. The first-order valence-electron chi connectivity index (χ1n) is 9.73. The molecular formula is C22H25FN4O2S. The molecule has 1 amide bonds. The smallest absolute Gasteiger partial charge is 0.207 e. The number of nitrogens with two attached hydrogens (primary N) is 1. The number of Topliss-reactive ketones (excluding diaryl/α,β-unsaturated/α-hetero) is 1. The number of aromatic nitrogens is 2. The van der Waals surface area contributed by atoms with Gasteiger partial charge in [-0.2, -0.15) is 5.10 Å². The second-order valence-corrected chi connectivity index (χ2v) is 8.48. The molecule has 1 aliphatic rings. The van der Waals surface area contributed by atoms with Crippen LogP contribution in [-0.2, 0) is 17.8 Å². The van der Waals surface area contributed by atoms with Gasteiger partial charge in [-0.1, -0.05) is 12.1 Å². The van der Waals surface area contributed by atoms with Gasteiger partial charge in [0.1, 0.15) is 5.82 Å². The van der Waals surface area contributed by atoms with Crippen molar-refractivity contribution in [3.63, 3.8) is 0 Å². The molecule has 158 valence electrons. The van der Waals surface area contributed by atoms with Gasteiger partial charge in [-0.15, -0.1) is 11.3 Å². The van der Waals surface area contributed by atoms with Gasteiger partial charge in [0.2, 0.25) is 6.41 Å². The van der Waals surface area contributed by atoms with Gasteiger partial charge in [-0.25, -0.2) is 4.39 Å². The largest absolute Gasteiger partial charge is 0.354 e. The lowest BCUT2D eigenvalue weighted by molar-refractivity contribution is -0.110. The predicted molar refractivity (Wildman–Crippen MR) is 116 cm³/mol.